The van der Waals surface area contributed by atoms with E-state index in [-0.39, 0.29) is 23.8 Å². The second kappa shape index (κ2) is 10.7. The Hall–Kier alpha value is -1.06. The summed E-state index contributed by atoms with van der Waals surface area (Å²) in [4.78, 5) is 24.8. The lowest BCUT2D eigenvalue weighted by Crippen LogP contribution is -2.38. The highest BCUT2D eigenvalue weighted by Gasteiger charge is 2.39. The zero-order valence-electron chi connectivity index (χ0n) is 16.1. The molecule has 0 aliphatic heterocycles. The minimum atomic E-state index is -0.512. The molecule has 0 amide bonds. The number of rotatable bonds is 9. The molecule has 2 atom stereocenters. The van der Waals surface area contributed by atoms with Crippen molar-refractivity contribution in [1.82, 2.24) is 0 Å². The molecule has 0 heterocycles. The van der Waals surface area contributed by atoms with Gasteiger partial charge in [0.15, 0.2) is 0 Å². The van der Waals surface area contributed by atoms with Crippen molar-refractivity contribution in [2.45, 2.75) is 97.5 Å². The molecule has 4 heteroatoms. The van der Waals surface area contributed by atoms with Crippen LogP contribution < -0.4 is 0 Å². The summed E-state index contributed by atoms with van der Waals surface area (Å²) in [5, 5.41) is 0. The Morgan fingerprint density at radius 2 is 1.42 bits per heavy atom. The van der Waals surface area contributed by atoms with E-state index < -0.39 is 5.60 Å². The summed E-state index contributed by atoms with van der Waals surface area (Å²) in [6.07, 6.45) is 10.4. The van der Waals surface area contributed by atoms with Gasteiger partial charge in [-0.15, -0.1) is 0 Å². The van der Waals surface area contributed by atoms with Gasteiger partial charge in [-0.2, -0.15) is 0 Å². The van der Waals surface area contributed by atoms with Crippen LogP contribution in [0.1, 0.15) is 91.9 Å². The van der Waals surface area contributed by atoms with Crippen LogP contribution in [0.5, 0.6) is 0 Å². The van der Waals surface area contributed by atoms with Gasteiger partial charge < -0.3 is 9.47 Å². The zero-order chi connectivity index (χ0) is 18.0. The molecule has 24 heavy (non-hydrogen) atoms. The second-order valence-electron chi connectivity index (χ2n) is 7.97. The fraction of sp³-hybridized carbons (Fsp3) is 0.900. The lowest BCUT2D eigenvalue weighted by molar-refractivity contribution is -0.170. The molecular weight excluding hydrogens is 304 g/mol. The molecule has 1 aliphatic rings. The van der Waals surface area contributed by atoms with Crippen LogP contribution in [0.15, 0.2) is 0 Å². The summed E-state index contributed by atoms with van der Waals surface area (Å²) < 4.78 is 10.9. The number of carbonyl (C=O) groups excluding carboxylic acids is 2. The number of esters is 2. The van der Waals surface area contributed by atoms with E-state index in [9.17, 15) is 9.59 Å². The maximum Gasteiger partial charge on any atom is 0.310 e. The average Bonchev–Trinajstić information content (AvgIpc) is 2.52. The summed E-state index contributed by atoms with van der Waals surface area (Å²) in [6, 6.07) is 0. The van der Waals surface area contributed by atoms with E-state index in [0.717, 1.165) is 38.5 Å². The third-order valence-corrected chi connectivity index (χ3v) is 4.52. The van der Waals surface area contributed by atoms with Gasteiger partial charge in [-0.1, -0.05) is 51.9 Å². The average molecular weight is 341 g/mol. The van der Waals surface area contributed by atoms with Gasteiger partial charge in [0.1, 0.15) is 5.60 Å². The summed E-state index contributed by atoms with van der Waals surface area (Å²) in [6.45, 7) is 8.26. The Labute approximate surface area is 147 Å². The van der Waals surface area contributed by atoms with E-state index in [1.807, 2.05) is 20.8 Å². The highest BCUT2D eigenvalue weighted by Crippen LogP contribution is 2.33. The molecule has 2 unspecified atom stereocenters. The van der Waals surface area contributed by atoms with E-state index in [4.69, 9.17) is 9.47 Å². The van der Waals surface area contributed by atoms with Gasteiger partial charge in [0, 0.05) is 0 Å². The third kappa shape index (κ3) is 8.16. The summed E-state index contributed by atoms with van der Waals surface area (Å²) in [7, 11) is 0. The van der Waals surface area contributed by atoms with Gasteiger partial charge in [-0.05, 0) is 40.0 Å². The first-order chi connectivity index (χ1) is 11.3. The highest BCUT2D eigenvalue weighted by atomic mass is 16.6. The van der Waals surface area contributed by atoms with Crippen molar-refractivity contribution in [2.75, 3.05) is 6.61 Å². The standard InChI is InChI=1S/C20H36O4/c1-5-6-7-8-9-12-15-23-18(21)16-13-10-11-14-17(16)19(22)24-20(2,3)4/h16-17H,5-15H2,1-4H3. The van der Waals surface area contributed by atoms with Crippen molar-refractivity contribution < 1.29 is 19.1 Å². The van der Waals surface area contributed by atoms with Crippen LogP contribution >= 0.6 is 0 Å². The molecule has 0 aromatic heterocycles. The lowest BCUT2D eigenvalue weighted by Gasteiger charge is -2.31. The minimum absolute atomic E-state index is 0.209. The molecule has 0 aromatic rings. The molecule has 1 rings (SSSR count). The first-order valence-electron chi connectivity index (χ1n) is 9.74. The summed E-state index contributed by atoms with van der Waals surface area (Å²) in [5.74, 6) is -1.12. The summed E-state index contributed by atoms with van der Waals surface area (Å²) >= 11 is 0. The van der Waals surface area contributed by atoms with Crippen LogP contribution in [0.4, 0.5) is 0 Å². The van der Waals surface area contributed by atoms with E-state index in [1.54, 1.807) is 0 Å². The van der Waals surface area contributed by atoms with Crippen molar-refractivity contribution in [3.05, 3.63) is 0 Å². The molecule has 0 aromatic carbocycles. The molecule has 1 saturated carbocycles. The van der Waals surface area contributed by atoms with Crippen molar-refractivity contribution in [3.8, 4) is 0 Å². The molecule has 1 aliphatic carbocycles. The number of hydrogen-bond donors (Lipinski definition) is 0. The third-order valence-electron chi connectivity index (χ3n) is 4.52. The van der Waals surface area contributed by atoms with Gasteiger partial charge in [0.2, 0.25) is 0 Å². The Balaban J connectivity index is 2.38. The van der Waals surface area contributed by atoms with Gasteiger partial charge in [0.25, 0.3) is 0 Å². The molecule has 0 bridgehead atoms. The van der Waals surface area contributed by atoms with Crippen molar-refractivity contribution in [2.24, 2.45) is 11.8 Å². The number of ether oxygens (including phenoxy) is 2. The van der Waals surface area contributed by atoms with Crippen molar-refractivity contribution >= 4 is 11.9 Å². The molecule has 1 fully saturated rings. The molecule has 0 N–H and O–H groups in total. The fourth-order valence-electron chi connectivity index (χ4n) is 3.23. The van der Waals surface area contributed by atoms with Crippen LogP contribution in [-0.4, -0.2) is 24.1 Å². The maximum atomic E-state index is 12.4. The van der Waals surface area contributed by atoms with Crippen LogP contribution in [0.3, 0.4) is 0 Å². The first-order valence-corrected chi connectivity index (χ1v) is 9.74. The molecule has 0 saturated heterocycles. The van der Waals surface area contributed by atoms with E-state index in [1.165, 1.54) is 25.7 Å². The smallest absolute Gasteiger partial charge is 0.310 e. The van der Waals surface area contributed by atoms with Crippen LogP contribution in [-0.2, 0) is 19.1 Å². The normalized spacial score (nSPS) is 21.3. The Morgan fingerprint density at radius 3 is 2.00 bits per heavy atom. The molecule has 0 radical (unpaired) electrons. The quantitative estimate of drug-likeness (QED) is 0.436. The van der Waals surface area contributed by atoms with Gasteiger partial charge in [0.05, 0.1) is 18.4 Å². The predicted molar refractivity (Wildman–Crippen MR) is 95.6 cm³/mol. The second-order valence-corrected chi connectivity index (χ2v) is 7.97. The van der Waals surface area contributed by atoms with Crippen molar-refractivity contribution in [1.29, 1.82) is 0 Å². The largest absolute Gasteiger partial charge is 0.465 e. The van der Waals surface area contributed by atoms with E-state index in [0.29, 0.717) is 6.61 Å². The van der Waals surface area contributed by atoms with Gasteiger partial charge in [-0.3, -0.25) is 9.59 Å². The number of unbranched alkanes of at least 4 members (excludes halogenated alkanes) is 5. The molecular formula is C20H36O4. The Kier molecular flexibility index (Phi) is 9.38. The zero-order valence-corrected chi connectivity index (χ0v) is 16.1. The van der Waals surface area contributed by atoms with E-state index in [2.05, 4.69) is 6.92 Å². The molecule has 0 spiro atoms. The Morgan fingerprint density at radius 1 is 0.875 bits per heavy atom. The van der Waals surface area contributed by atoms with Crippen LogP contribution in [0, 0.1) is 11.8 Å². The predicted octanol–water partition coefficient (Wildman–Crippen LogP) is 5.04. The fourth-order valence-corrected chi connectivity index (χ4v) is 3.23. The monoisotopic (exact) mass is 340 g/mol. The van der Waals surface area contributed by atoms with Gasteiger partial charge in [-0.25, -0.2) is 0 Å². The SMILES string of the molecule is CCCCCCCCOC(=O)C1CCCCC1C(=O)OC(C)(C)C. The number of carbonyl (C=O) groups is 2. The number of hydrogen-bond acceptors (Lipinski definition) is 4. The van der Waals surface area contributed by atoms with E-state index >= 15 is 0 Å². The topological polar surface area (TPSA) is 52.6 Å². The minimum Gasteiger partial charge on any atom is -0.465 e. The lowest BCUT2D eigenvalue weighted by atomic mass is 9.79. The first kappa shape index (κ1) is 21.0. The van der Waals surface area contributed by atoms with Crippen molar-refractivity contribution in [3.63, 3.8) is 0 Å². The van der Waals surface area contributed by atoms with Crippen LogP contribution in [0.2, 0.25) is 0 Å². The Bertz CT molecular complexity index is 384. The molecule has 140 valence electrons. The van der Waals surface area contributed by atoms with Gasteiger partial charge >= 0.3 is 11.9 Å². The maximum absolute atomic E-state index is 12.4. The molecule has 4 nitrogen and oxygen atoms in total. The summed E-state index contributed by atoms with van der Waals surface area (Å²) in [5.41, 5.74) is -0.512. The van der Waals surface area contributed by atoms with Crippen LogP contribution in [0.25, 0.3) is 0 Å². The highest BCUT2D eigenvalue weighted by molar-refractivity contribution is 5.82.